The highest BCUT2D eigenvalue weighted by Gasteiger charge is 2.24. The van der Waals surface area contributed by atoms with Gasteiger partial charge in [0.15, 0.2) is 0 Å². The van der Waals surface area contributed by atoms with E-state index in [2.05, 4.69) is 22.0 Å². The quantitative estimate of drug-likeness (QED) is 0.831. The molecule has 1 aliphatic heterocycles. The molecule has 94 valence electrons. The lowest BCUT2D eigenvalue weighted by molar-refractivity contribution is 0.209. The van der Waals surface area contributed by atoms with Crippen LogP contribution >= 0.6 is 0 Å². The number of nitrogens with zero attached hydrogens (tertiary/aromatic N) is 3. The van der Waals surface area contributed by atoms with Crippen molar-refractivity contribution in [2.24, 2.45) is 0 Å². The first-order valence-corrected chi connectivity index (χ1v) is 6.47. The molecule has 2 heterocycles. The smallest absolute Gasteiger partial charge is 0.244 e. The standard InChI is InChI=1S/C14H17N3O/c1-11(17-9-5-6-10-17)14-15-13(16-18-14)12-7-3-2-4-8-12/h2-4,7-8,11H,5-6,9-10H2,1H3. The van der Waals surface area contributed by atoms with E-state index in [0.717, 1.165) is 24.5 Å². The molecule has 0 radical (unpaired) electrons. The van der Waals surface area contributed by atoms with Gasteiger partial charge < -0.3 is 4.52 Å². The van der Waals surface area contributed by atoms with E-state index < -0.39 is 0 Å². The first-order valence-electron chi connectivity index (χ1n) is 6.47. The zero-order valence-corrected chi connectivity index (χ0v) is 10.5. The summed E-state index contributed by atoms with van der Waals surface area (Å²) in [6.45, 7) is 4.39. The Bertz CT molecular complexity index is 503. The number of aromatic nitrogens is 2. The lowest BCUT2D eigenvalue weighted by atomic mass is 10.2. The summed E-state index contributed by atoms with van der Waals surface area (Å²) < 4.78 is 5.39. The number of likely N-dealkylation sites (tertiary alicyclic amines) is 1. The predicted molar refractivity (Wildman–Crippen MR) is 69.0 cm³/mol. The molecule has 18 heavy (non-hydrogen) atoms. The van der Waals surface area contributed by atoms with Crippen LogP contribution in [-0.4, -0.2) is 28.1 Å². The Morgan fingerprint density at radius 2 is 1.89 bits per heavy atom. The molecule has 1 aromatic heterocycles. The highest BCUT2D eigenvalue weighted by Crippen LogP contribution is 2.25. The summed E-state index contributed by atoms with van der Waals surface area (Å²) in [6, 6.07) is 10.2. The molecule has 4 nitrogen and oxygen atoms in total. The van der Waals surface area contributed by atoms with Gasteiger partial charge in [-0.05, 0) is 32.9 Å². The van der Waals surface area contributed by atoms with E-state index in [1.54, 1.807) is 0 Å². The van der Waals surface area contributed by atoms with Crippen molar-refractivity contribution in [2.75, 3.05) is 13.1 Å². The molecule has 0 N–H and O–H groups in total. The van der Waals surface area contributed by atoms with Crippen LogP contribution in [0.4, 0.5) is 0 Å². The molecule has 1 unspecified atom stereocenters. The van der Waals surface area contributed by atoms with Crippen molar-refractivity contribution in [2.45, 2.75) is 25.8 Å². The molecule has 1 saturated heterocycles. The van der Waals surface area contributed by atoms with Crippen LogP contribution < -0.4 is 0 Å². The summed E-state index contributed by atoms with van der Waals surface area (Å²) in [5.41, 5.74) is 1.00. The zero-order chi connectivity index (χ0) is 12.4. The molecule has 4 heteroatoms. The van der Waals surface area contributed by atoms with Crippen molar-refractivity contribution >= 4 is 0 Å². The van der Waals surface area contributed by atoms with Crippen LogP contribution in [0.2, 0.25) is 0 Å². The third-order valence-corrected chi connectivity index (χ3v) is 3.52. The van der Waals surface area contributed by atoms with Gasteiger partial charge in [0.1, 0.15) is 0 Å². The van der Waals surface area contributed by atoms with Crippen LogP contribution in [0, 0.1) is 0 Å². The maximum atomic E-state index is 5.39. The SMILES string of the molecule is CC(c1nc(-c2ccccc2)no1)N1CCCC1. The minimum Gasteiger partial charge on any atom is -0.337 e. The van der Waals surface area contributed by atoms with E-state index in [-0.39, 0.29) is 6.04 Å². The van der Waals surface area contributed by atoms with Crippen LogP contribution in [0.25, 0.3) is 11.4 Å². The molecule has 2 aromatic rings. The number of hydrogen-bond donors (Lipinski definition) is 0. The molecule has 0 amide bonds. The lowest BCUT2D eigenvalue weighted by Crippen LogP contribution is -2.23. The van der Waals surface area contributed by atoms with E-state index in [0.29, 0.717) is 5.82 Å². The fraction of sp³-hybridized carbons (Fsp3) is 0.429. The molecule has 1 fully saturated rings. The van der Waals surface area contributed by atoms with Gasteiger partial charge in [0.05, 0.1) is 6.04 Å². The van der Waals surface area contributed by atoms with Gasteiger partial charge in [-0.2, -0.15) is 4.98 Å². The second-order valence-corrected chi connectivity index (χ2v) is 4.74. The average molecular weight is 243 g/mol. The normalized spacial score (nSPS) is 18.1. The van der Waals surface area contributed by atoms with Crippen molar-refractivity contribution in [3.8, 4) is 11.4 Å². The van der Waals surface area contributed by atoms with Gasteiger partial charge in [0.2, 0.25) is 11.7 Å². The Labute approximate surface area is 107 Å². The fourth-order valence-corrected chi connectivity index (χ4v) is 2.39. The molecular weight excluding hydrogens is 226 g/mol. The third kappa shape index (κ3) is 2.16. The van der Waals surface area contributed by atoms with Gasteiger partial charge in [-0.15, -0.1) is 0 Å². The first-order chi connectivity index (χ1) is 8.84. The van der Waals surface area contributed by atoms with Crippen molar-refractivity contribution in [3.05, 3.63) is 36.2 Å². The Morgan fingerprint density at radius 3 is 2.61 bits per heavy atom. The van der Waals surface area contributed by atoms with Crippen LogP contribution in [0.3, 0.4) is 0 Å². The topological polar surface area (TPSA) is 42.2 Å². The molecule has 1 aromatic carbocycles. The summed E-state index contributed by atoms with van der Waals surface area (Å²) in [5.74, 6) is 1.40. The summed E-state index contributed by atoms with van der Waals surface area (Å²) in [5, 5.41) is 4.07. The largest absolute Gasteiger partial charge is 0.337 e. The second kappa shape index (κ2) is 4.90. The third-order valence-electron chi connectivity index (χ3n) is 3.52. The summed E-state index contributed by atoms with van der Waals surface area (Å²) in [4.78, 5) is 6.90. The van der Waals surface area contributed by atoms with Crippen molar-refractivity contribution in [3.63, 3.8) is 0 Å². The molecular formula is C14H17N3O. The minimum atomic E-state index is 0.220. The van der Waals surface area contributed by atoms with Crippen molar-refractivity contribution < 1.29 is 4.52 Å². The first kappa shape index (κ1) is 11.4. The van der Waals surface area contributed by atoms with E-state index in [1.807, 2.05) is 30.3 Å². The van der Waals surface area contributed by atoms with Gasteiger partial charge in [-0.3, -0.25) is 4.90 Å². The number of hydrogen-bond acceptors (Lipinski definition) is 4. The maximum absolute atomic E-state index is 5.39. The number of benzene rings is 1. The fourth-order valence-electron chi connectivity index (χ4n) is 2.39. The van der Waals surface area contributed by atoms with E-state index in [1.165, 1.54) is 12.8 Å². The Hall–Kier alpha value is -1.68. The van der Waals surface area contributed by atoms with Crippen molar-refractivity contribution in [1.29, 1.82) is 0 Å². The maximum Gasteiger partial charge on any atom is 0.244 e. The van der Waals surface area contributed by atoms with Crippen LogP contribution in [0.5, 0.6) is 0 Å². The van der Waals surface area contributed by atoms with Crippen LogP contribution in [0.1, 0.15) is 31.7 Å². The van der Waals surface area contributed by atoms with E-state index >= 15 is 0 Å². The molecule has 0 bridgehead atoms. The van der Waals surface area contributed by atoms with Gasteiger partial charge in [0, 0.05) is 5.56 Å². The van der Waals surface area contributed by atoms with Crippen LogP contribution in [0.15, 0.2) is 34.9 Å². The van der Waals surface area contributed by atoms with Gasteiger partial charge in [-0.1, -0.05) is 35.5 Å². The van der Waals surface area contributed by atoms with Gasteiger partial charge >= 0.3 is 0 Å². The minimum absolute atomic E-state index is 0.220. The average Bonchev–Trinajstić information content (AvgIpc) is 3.10. The summed E-state index contributed by atoms with van der Waals surface area (Å²) >= 11 is 0. The molecule has 0 saturated carbocycles. The van der Waals surface area contributed by atoms with Crippen molar-refractivity contribution in [1.82, 2.24) is 15.0 Å². The van der Waals surface area contributed by atoms with Gasteiger partial charge in [-0.25, -0.2) is 0 Å². The molecule has 1 aliphatic rings. The van der Waals surface area contributed by atoms with Crippen LogP contribution in [-0.2, 0) is 0 Å². The highest BCUT2D eigenvalue weighted by molar-refractivity contribution is 5.53. The summed E-state index contributed by atoms with van der Waals surface area (Å²) in [6.07, 6.45) is 2.54. The Kier molecular flexibility index (Phi) is 3.11. The predicted octanol–water partition coefficient (Wildman–Crippen LogP) is 2.89. The molecule has 1 atom stereocenters. The zero-order valence-electron chi connectivity index (χ0n) is 10.5. The monoisotopic (exact) mass is 243 g/mol. The molecule has 0 spiro atoms. The van der Waals surface area contributed by atoms with Gasteiger partial charge in [0.25, 0.3) is 0 Å². The second-order valence-electron chi connectivity index (χ2n) is 4.74. The molecule has 3 rings (SSSR count). The number of rotatable bonds is 3. The highest BCUT2D eigenvalue weighted by atomic mass is 16.5. The Morgan fingerprint density at radius 1 is 1.17 bits per heavy atom. The van der Waals surface area contributed by atoms with E-state index in [9.17, 15) is 0 Å². The lowest BCUT2D eigenvalue weighted by Gasteiger charge is -2.19. The Balaban J connectivity index is 1.81. The molecule has 0 aliphatic carbocycles. The van der Waals surface area contributed by atoms with E-state index in [4.69, 9.17) is 4.52 Å². The summed E-state index contributed by atoms with van der Waals surface area (Å²) in [7, 11) is 0.